The van der Waals surface area contributed by atoms with Crippen molar-refractivity contribution in [3.8, 4) is 5.75 Å². The Hall–Kier alpha value is -2.24. The van der Waals surface area contributed by atoms with Crippen LogP contribution in [-0.2, 0) is 4.79 Å². The topological polar surface area (TPSA) is 88.2 Å². The second kappa shape index (κ2) is 6.79. The van der Waals surface area contributed by atoms with Crippen LogP contribution in [0.25, 0.3) is 0 Å². The van der Waals surface area contributed by atoms with Gasteiger partial charge in [0.15, 0.2) is 6.61 Å². The largest absolute Gasteiger partial charge is 0.484 e. The van der Waals surface area contributed by atoms with Crippen LogP contribution in [0, 0.1) is 5.92 Å². The van der Waals surface area contributed by atoms with Crippen LogP contribution < -0.4 is 10.5 Å². The zero-order valence-corrected chi connectivity index (χ0v) is 11.2. The fourth-order valence-corrected chi connectivity index (χ4v) is 2.26. The number of rotatable bonds is 4. The van der Waals surface area contributed by atoms with Gasteiger partial charge in [0.05, 0.1) is 0 Å². The number of hydrogen-bond acceptors (Lipinski definition) is 4. The summed E-state index contributed by atoms with van der Waals surface area (Å²) in [5, 5.41) is 11.7. The number of likely N-dealkylation sites (tertiary alicyclic amines) is 1. The normalized spacial score (nSPS) is 17.0. The number of benzene rings is 1. The molecule has 0 atom stereocenters. The van der Waals surface area contributed by atoms with E-state index in [0.717, 1.165) is 0 Å². The van der Waals surface area contributed by atoms with E-state index < -0.39 is 0 Å². The van der Waals surface area contributed by atoms with Crippen molar-refractivity contribution >= 4 is 11.7 Å². The minimum atomic E-state index is -0.0354. The number of nitrogens with zero attached hydrogens (tertiary/aromatic N) is 2. The second-order valence-corrected chi connectivity index (χ2v) is 4.78. The van der Waals surface area contributed by atoms with E-state index in [0.29, 0.717) is 31.7 Å². The van der Waals surface area contributed by atoms with E-state index in [9.17, 15) is 4.79 Å². The maximum Gasteiger partial charge on any atom is 0.260 e. The predicted molar refractivity (Wildman–Crippen MR) is 74.6 cm³/mol. The first-order valence-corrected chi connectivity index (χ1v) is 6.63. The molecular weight excluding hydrogens is 258 g/mol. The Bertz CT molecular complexity index is 468. The van der Waals surface area contributed by atoms with Gasteiger partial charge in [-0.05, 0) is 25.0 Å². The number of amides is 1. The molecule has 0 unspecified atom stereocenters. The van der Waals surface area contributed by atoms with Crippen molar-refractivity contribution in [2.24, 2.45) is 16.8 Å². The molecule has 0 radical (unpaired) electrons. The lowest BCUT2D eigenvalue weighted by atomic mass is 9.96. The summed E-state index contributed by atoms with van der Waals surface area (Å²) < 4.78 is 5.44. The number of amidine groups is 1. The number of carbonyl (C=O) groups is 1. The molecule has 108 valence electrons. The van der Waals surface area contributed by atoms with Crippen LogP contribution in [0.2, 0.25) is 0 Å². The third kappa shape index (κ3) is 3.63. The van der Waals surface area contributed by atoms with Gasteiger partial charge in [-0.2, -0.15) is 0 Å². The Morgan fingerprint density at radius 1 is 1.35 bits per heavy atom. The molecule has 3 N–H and O–H groups in total. The standard InChI is InChI=1S/C14H19N3O3/c15-14(16-19)11-6-8-17(9-7-11)13(18)10-20-12-4-2-1-3-5-12/h1-5,11,19H,6-10H2,(H2,15,16). The predicted octanol–water partition coefficient (Wildman–Crippen LogP) is 1.05. The van der Waals surface area contributed by atoms with Gasteiger partial charge in [0.2, 0.25) is 0 Å². The van der Waals surface area contributed by atoms with E-state index in [-0.39, 0.29) is 24.3 Å². The first-order chi connectivity index (χ1) is 9.70. The fraction of sp³-hybridized carbons (Fsp3) is 0.429. The van der Waals surface area contributed by atoms with Gasteiger partial charge in [0.25, 0.3) is 5.91 Å². The van der Waals surface area contributed by atoms with Crippen molar-refractivity contribution in [3.63, 3.8) is 0 Å². The zero-order valence-electron chi connectivity index (χ0n) is 11.2. The number of nitrogens with two attached hydrogens (primary N) is 1. The summed E-state index contributed by atoms with van der Waals surface area (Å²) in [6.45, 7) is 1.26. The number of hydrogen-bond donors (Lipinski definition) is 2. The molecular formula is C14H19N3O3. The van der Waals surface area contributed by atoms with E-state index >= 15 is 0 Å². The summed E-state index contributed by atoms with van der Waals surface area (Å²) in [6.07, 6.45) is 1.43. The Morgan fingerprint density at radius 2 is 2.00 bits per heavy atom. The van der Waals surface area contributed by atoms with Crippen LogP contribution in [0.1, 0.15) is 12.8 Å². The Balaban J connectivity index is 1.77. The van der Waals surface area contributed by atoms with Crippen LogP contribution in [0.15, 0.2) is 35.5 Å². The molecule has 1 saturated heterocycles. The summed E-state index contributed by atoms with van der Waals surface area (Å²) in [5.41, 5.74) is 5.58. The van der Waals surface area contributed by atoms with E-state index in [1.54, 1.807) is 4.90 Å². The van der Waals surface area contributed by atoms with Crippen LogP contribution >= 0.6 is 0 Å². The molecule has 1 heterocycles. The van der Waals surface area contributed by atoms with Gasteiger partial charge in [-0.25, -0.2) is 0 Å². The molecule has 20 heavy (non-hydrogen) atoms. The maximum atomic E-state index is 12.0. The van der Waals surface area contributed by atoms with Gasteiger partial charge in [-0.3, -0.25) is 4.79 Å². The summed E-state index contributed by atoms with van der Waals surface area (Å²) >= 11 is 0. The fourth-order valence-electron chi connectivity index (χ4n) is 2.26. The Labute approximate surface area is 117 Å². The molecule has 6 heteroatoms. The SMILES string of the molecule is NC(=NO)C1CCN(C(=O)COc2ccccc2)CC1. The van der Waals surface area contributed by atoms with Crippen molar-refractivity contribution in [1.82, 2.24) is 4.90 Å². The first-order valence-electron chi connectivity index (χ1n) is 6.63. The highest BCUT2D eigenvalue weighted by atomic mass is 16.5. The quantitative estimate of drug-likeness (QED) is 0.373. The van der Waals surface area contributed by atoms with E-state index in [1.165, 1.54) is 0 Å². The minimum Gasteiger partial charge on any atom is -0.484 e. The maximum absolute atomic E-state index is 12.0. The van der Waals surface area contributed by atoms with Crippen LogP contribution in [0.3, 0.4) is 0 Å². The van der Waals surface area contributed by atoms with Crippen molar-refractivity contribution in [2.75, 3.05) is 19.7 Å². The first kappa shape index (κ1) is 14.2. The van der Waals surface area contributed by atoms with Gasteiger partial charge in [-0.15, -0.1) is 0 Å². The zero-order chi connectivity index (χ0) is 14.4. The van der Waals surface area contributed by atoms with Gasteiger partial charge in [0, 0.05) is 19.0 Å². The molecule has 2 rings (SSSR count). The summed E-state index contributed by atoms with van der Waals surface area (Å²) in [7, 11) is 0. The number of ether oxygens (including phenoxy) is 1. The molecule has 1 amide bonds. The molecule has 1 fully saturated rings. The van der Waals surface area contributed by atoms with Crippen molar-refractivity contribution < 1.29 is 14.7 Å². The van der Waals surface area contributed by atoms with Crippen LogP contribution in [0.4, 0.5) is 0 Å². The van der Waals surface area contributed by atoms with Crippen LogP contribution in [0.5, 0.6) is 5.75 Å². The third-order valence-electron chi connectivity index (χ3n) is 3.49. The van der Waals surface area contributed by atoms with Gasteiger partial charge in [0.1, 0.15) is 11.6 Å². The average Bonchev–Trinajstić information content (AvgIpc) is 2.53. The summed E-state index contributed by atoms with van der Waals surface area (Å²) in [5.74, 6) is 0.955. The smallest absolute Gasteiger partial charge is 0.260 e. The molecule has 0 saturated carbocycles. The monoisotopic (exact) mass is 277 g/mol. The van der Waals surface area contributed by atoms with Crippen molar-refractivity contribution in [2.45, 2.75) is 12.8 Å². The van der Waals surface area contributed by atoms with Gasteiger partial charge < -0.3 is 20.6 Å². The molecule has 1 aliphatic rings. The number of carbonyl (C=O) groups excluding carboxylic acids is 1. The molecule has 1 aromatic carbocycles. The highest BCUT2D eigenvalue weighted by Crippen LogP contribution is 2.17. The lowest BCUT2D eigenvalue weighted by Gasteiger charge is -2.31. The number of para-hydroxylation sites is 1. The molecule has 0 aliphatic carbocycles. The molecule has 6 nitrogen and oxygen atoms in total. The lowest BCUT2D eigenvalue weighted by molar-refractivity contribution is -0.134. The van der Waals surface area contributed by atoms with Gasteiger partial charge >= 0.3 is 0 Å². The van der Waals surface area contributed by atoms with E-state index in [2.05, 4.69) is 5.16 Å². The molecule has 1 aliphatic heterocycles. The lowest BCUT2D eigenvalue weighted by Crippen LogP contribution is -2.43. The number of oxime groups is 1. The molecule has 0 spiro atoms. The Morgan fingerprint density at radius 3 is 2.60 bits per heavy atom. The minimum absolute atomic E-state index is 0.0354. The van der Waals surface area contributed by atoms with Crippen molar-refractivity contribution in [3.05, 3.63) is 30.3 Å². The van der Waals surface area contributed by atoms with Gasteiger partial charge in [-0.1, -0.05) is 23.4 Å². The molecule has 1 aromatic rings. The third-order valence-corrected chi connectivity index (χ3v) is 3.49. The number of piperidine rings is 1. The van der Waals surface area contributed by atoms with E-state index in [1.807, 2.05) is 30.3 Å². The van der Waals surface area contributed by atoms with E-state index in [4.69, 9.17) is 15.7 Å². The summed E-state index contributed by atoms with van der Waals surface area (Å²) in [4.78, 5) is 13.8. The van der Waals surface area contributed by atoms with Crippen molar-refractivity contribution in [1.29, 1.82) is 0 Å². The highest BCUT2D eigenvalue weighted by Gasteiger charge is 2.25. The second-order valence-electron chi connectivity index (χ2n) is 4.78. The average molecular weight is 277 g/mol. The molecule has 0 bridgehead atoms. The molecule has 0 aromatic heterocycles. The summed E-state index contributed by atoms with van der Waals surface area (Å²) in [6, 6.07) is 9.26. The highest BCUT2D eigenvalue weighted by molar-refractivity contribution is 5.83. The van der Waals surface area contributed by atoms with Crippen LogP contribution in [-0.4, -0.2) is 41.5 Å². The Kier molecular flexibility index (Phi) is 4.81.